The number of hydrogen-bond acceptors (Lipinski definition) is 5. The Balaban J connectivity index is 1.72. The van der Waals surface area contributed by atoms with Gasteiger partial charge in [0.15, 0.2) is 5.82 Å². The molecule has 2 aromatic heterocycles. The summed E-state index contributed by atoms with van der Waals surface area (Å²) in [5.41, 5.74) is 2.57. The SMILES string of the molecule is CCOc1nccnc1NC1CCc2cn(C(C)C)nc2C1. The van der Waals surface area contributed by atoms with Crippen LogP contribution >= 0.6 is 0 Å². The molecule has 0 amide bonds. The van der Waals surface area contributed by atoms with Crippen LogP contribution in [0, 0.1) is 0 Å². The second-order valence-corrected chi connectivity index (χ2v) is 5.90. The predicted molar refractivity (Wildman–Crippen MR) is 85.2 cm³/mol. The zero-order valence-corrected chi connectivity index (χ0v) is 13.4. The van der Waals surface area contributed by atoms with Gasteiger partial charge in [-0.1, -0.05) is 0 Å². The number of nitrogens with zero attached hydrogens (tertiary/aromatic N) is 4. The summed E-state index contributed by atoms with van der Waals surface area (Å²) in [4.78, 5) is 8.60. The van der Waals surface area contributed by atoms with Gasteiger partial charge in [0.2, 0.25) is 0 Å². The number of hydrogen-bond donors (Lipinski definition) is 1. The Morgan fingerprint density at radius 1 is 1.36 bits per heavy atom. The number of aryl methyl sites for hydroxylation is 1. The Kier molecular flexibility index (Phi) is 4.27. The fraction of sp³-hybridized carbons (Fsp3) is 0.562. The van der Waals surface area contributed by atoms with Crippen LogP contribution in [0.2, 0.25) is 0 Å². The van der Waals surface area contributed by atoms with Gasteiger partial charge in [0.25, 0.3) is 5.88 Å². The number of fused-ring (bicyclic) bond motifs is 1. The number of aromatic nitrogens is 4. The molecule has 1 atom stereocenters. The van der Waals surface area contributed by atoms with Crippen molar-refractivity contribution in [2.24, 2.45) is 0 Å². The first kappa shape index (κ1) is 14.8. The summed E-state index contributed by atoms with van der Waals surface area (Å²) in [6, 6.07) is 0.723. The van der Waals surface area contributed by atoms with Crippen molar-refractivity contribution in [2.45, 2.75) is 52.1 Å². The van der Waals surface area contributed by atoms with E-state index in [1.54, 1.807) is 12.4 Å². The molecule has 6 nitrogen and oxygen atoms in total. The molecule has 0 saturated carbocycles. The highest BCUT2D eigenvalue weighted by Gasteiger charge is 2.23. The average molecular weight is 301 g/mol. The molecule has 1 aliphatic carbocycles. The first-order valence-electron chi connectivity index (χ1n) is 7.94. The van der Waals surface area contributed by atoms with Gasteiger partial charge in [0, 0.05) is 37.1 Å². The molecule has 1 N–H and O–H groups in total. The highest BCUT2D eigenvalue weighted by molar-refractivity contribution is 5.46. The zero-order valence-electron chi connectivity index (χ0n) is 13.4. The monoisotopic (exact) mass is 301 g/mol. The van der Waals surface area contributed by atoms with E-state index in [2.05, 4.69) is 40.0 Å². The molecule has 6 heteroatoms. The number of rotatable bonds is 5. The first-order chi connectivity index (χ1) is 10.7. The maximum Gasteiger partial charge on any atom is 0.257 e. The number of anilines is 1. The van der Waals surface area contributed by atoms with Gasteiger partial charge in [0.05, 0.1) is 12.3 Å². The van der Waals surface area contributed by atoms with Crippen LogP contribution in [0.25, 0.3) is 0 Å². The smallest absolute Gasteiger partial charge is 0.257 e. The molecule has 2 aromatic rings. The van der Waals surface area contributed by atoms with E-state index in [0.717, 1.165) is 25.1 Å². The van der Waals surface area contributed by atoms with Crippen molar-refractivity contribution in [3.05, 3.63) is 29.8 Å². The minimum absolute atomic E-state index is 0.318. The van der Waals surface area contributed by atoms with E-state index in [-0.39, 0.29) is 0 Å². The second kappa shape index (κ2) is 6.34. The Morgan fingerprint density at radius 2 is 2.18 bits per heavy atom. The third-order valence-electron chi connectivity index (χ3n) is 3.91. The Labute approximate surface area is 130 Å². The van der Waals surface area contributed by atoms with E-state index in [9.17, 15) is 0 Å². The zero-order chi connectivity index (χ0) is 15.5. The molecule has 0 radical (unpaired) electrons. The lowest BCUT2D eigenvalue weighted by molar-refractivity contribution is 0.326. The molecule has 2 heterocycles. The normalized spacial score (nSPS) is 17.4. The van der Waals surface area contributed by atoms with Gasteiger partial charge in [-0.25, -0.2) is 9.97 Å². The van der Waals surface area contributed by atoms with Crippen molar-refractivity contribution in [1.82, 2.24) is 19.7 Å². The van der Waals surface area contributed by atoms with Crippen LogP contribution in [0.3, 0.4) is 0 Å². The van der Waals surface area contributed by atoms with Gasteiger partial charge in [-0.2, -0.15) is 5.10 Å². The molecular formula is C16H23N5O. The van der Waals surface area contributed by atoms with Crippen LogP contribution in [0.4, 0.5) is 5.82 Å². The molecule has 1 unspecified atom stereocenters. The summed E-state index contributed by atoms with van der Waals surface area (Å²) in [6.07, 6.45) is 8.55. The topological polar surface area (TPSA) is 64.9 Å². The van der Waals surface area contributed by atoms with Crippen molar-refractivity contribution < 1.29 is 4.74 Å². The molecule has 3 rings (SSSR count). The molecule has 0 bridgehead atoms. The fourth-order valence-electron chi connectivity index (χ4n) is 2.76. The van der Waals surface area contributed by atoms with Crippen LogP contribution in [0.15, 0.2) is 18.6 Å². The summed E-state index contributed by atoms with van der Waals surface area (Å²) < 4.78 is 7.58. The first-order valence-corrected chi connectivity index (χ1v) is 7.94. The molecule has 0 saturated heterocycles. The van der Waals surface area contributed by atoms with Gasteiger partial charge in [-0.3, -0.25) is 4.68 Å². The van der Waals surface area contributed by atoms with Crippen LogP contribution < -0.4 is 10.1 Å². The van der Waals surface area contributed by atoms with E-state index in [1.807, 2.05) is 6.92 Å². The lowest BCUT2D eigenvalue weighted by Crippen LogP contribution is -2.28. The van der Waals surface area contributed by atoms with Gasteiger partial charge < -0.3 is 10.1 Å². The van der Waals surface area contributed by atoms with Crippen molar-refractivity contribution >= 4 is 5.82 Å². The Hall–Kier alpha value is -2.11. The molecule has 0 fully saturated rings. The molecule has 118 valence electrons. The van der Waals surface area contributed by atoms with Gasteiger partial charge in [-0.05, 0) is 39.2 Å². The van der Waals surface area contributed by atoms with Gasteiger partial charge in [0.1, 0.15) is 0 Å². The average Bonchev–Trinajstić information content (AvgIpc) is 2.93. The van der Waals surface area contributed by atoms with Crippen molar-refractivity contribution in [3.63, 3.8) is 0 Å². The molecular weight excluding hydrogens is 278 g/mol. The van der Waals surface area contributed by atoms with Crippen molar-refractivity contribution in [1.29, 1.82) is 0 Å². The maximum absolute atomic E-state index is 5.53. The van der Waals surface area contributed by atoms with Gasteiger partial charge in [-0.15, -0.1) is 0 Å². The molecule has 1 aliphatic rings. The standard InChI is InChI=1S/C16H23N5O/c1-4-22-16-15(17-7-8-18-16)19-13-6-5-12-10-21(11(2)3)20-14(12)9-13/h7-8,10-11,13H,4-6,9H2,1-3H3,(H,17,19). The van der Waals surface area contributed by atoms with Crippen LogP contribution in [0.1, 0.15) is 44.5 Å². The summed E-state index contributed by atoms with van der Waals surface area (Å²) >= 11 is 0. The van der Waals surface area contributed by atoms with Crippen molar-refractivity contribution in [3.8, 4) is 5.88 Å². The largest absolute Gasteiger partial charge is 0.475 e. The van der Waals surface area contributed by atoms with Gasteiger partial charge >= 0.3 is 0 Å². The second-order valence-electron chi connectivity index (χ2n) is 5.90. The van der Waals surface area contributed by atoms with Crippen molar-refractivity contribution in [2.75, 3.05) is 11.9 Å². The lowest BCUT2D eigenvalue weighted by atomic mass is 9.94. The third kappa shape index (κ3) is 3.05. The Bertz CT molecular complexity index is 637. The Morgan fingerprint density at radius 3 is 2.95 bits per heavy atom. The maximum atomic E-state index is 5.53. The molecule has 22 heavy (non-hydrogen) atoms. The predicted octanol–water partition coefficient (Wildman–Crippen LogP) is 2.62. The summed E-state index contributed by atoms with van der Waals surface area (Å²) in [6.45, 7) is 6.84. The highest BCUT2D eigenvalue weighted by Crippen LogP contribution is 2.26. The fourth-order valence-corrected chi connectivity index (χ4v) is 2.76. The molecule has 0 spiro atoms. The van der Waals surface area contributed by atoms with E-state index >= 15 is 0 Å². The highest BCUT2D eigenvalue weighted by atomic mass is 16.5. The minimum atomic E-state index is 0.318. The number of ether oxygens (including phenoxy) is 1. The van der Waals surface area contributed by atoms with E-state index in [1.165, 1.54) is 11.3 Å². The quantitative estimate of drug-likeness (QED) is 0.919. The van der Waals surface area contributed by atoms with Crippen LogP contribution in [-0.4, -0.2) is 32.4 Å². The lowest BCUT2D eigenvalue weighted by Gasteiger charge is -2.23. The summed E-state index contributed by atoms with van der Waals surface area (Å²) in [5, 5.41) is 8.18. The van der Waals surface area contributed by atoms with Crippen LogP contribution in [-0.2, 0) is 12.8 Å². The summed E-state index contributed by atoms with van der Waals surface area (Å²) in [7, 11) is 0. The van der Waals surface area contributed by atoms with Crippen LogP contribution in [0.5, 0.6) is 5.88 Å². The van der Waals surface area contributed by atoms with E-state index in [4.69, 9.17) is 9.84 Å². The minimum Gasteiger partial charge on any atom is -0.475 e. The molecule has 0 aliphatic heterocycles. The summed E-state index contributed by atoms with van der Waals surface area (Å²) in [5.74, 6) is 1.30. The third-order valence-corrected chi connectivity index (χ3v) is 3.91. The number of nitrogens with one attached hydrogen (secondary N) is 1. The van der Waals surface area contributed by atoms with E-state index < -0.39 is 0 Å². The van der Waals surface area contributed by atoms with E-state index in [0.29, 0.717) is 24.6 Å². The molecule has 0 aromatic carbocycles.